The van der Waals surface area contributed by atoms with Gasteiger partial charge in [-0.05, 0) is 45.4 Å². The first-order valence-corrected chi connectivity index (χ1v) is 11.4. The van der Waals surface area contributed by atoms with E-state index >= 15 is 0 Å². The van der Waals surface area contributed by atoms with Crippen LogP contribution in [0.1, 0.15) is 47.3 Å². The molecule has 4 rings (SSSR count). The Labute approximate surface area is 185 Å². The summed E-state index contributed by atoms with van der Waals surface area (Å²) in [5.74, 6) is 1.76. The highest BCUT2D eigenvalue weighted by atomic mass is 32.2. The monoisotopic (exact) mass is 438 g/mol. The maximum absolute atomic E-state index is 12.9. The van der Waals surface area contributed by atoms with Crippen molar-refractivity contribution in [3.63, 3.8) is 0 Å². The van der Waals surface area contributed by atoms with Crippen LogP contribution in [-0.4, -0.2) is 53.2 Å². The fourth-order valence-electron chi connectivity index (χ4n) is 4.03. The quantitative estimate of drug-likeness (QED) is 0.397. The number of likely N-dealkylation sites (tertiary alicyclic amines) is 1. The van der Waals surface area contributed by atoms with E-state index in [1.54, 1.807) is 11.1 Å². The van der Waals surface area contributed by atoms with Crippen molar-refractivity contribution in [3.05, 3.63) is 53.2 Å². The third-order valence-corrected chi connectivity index (χ3v) is 6.53. The lowest BCUT2D eigenvalue weighted by Gasteiger charge is -2.16. The summed E-state index contributed by atoms with van der Waals surface area (Å²) in [5.41, 5.74) is 2.83. The van der Waals surface area contributed by atoms with Crippen LogP contribution in [0.25, 0.3) is 5.82 Å². The molecule has 0 radical (unpaired) electrons. The topological polar surface area (TPSA) is 85.9 Å². The zero-order chi connectivity index (χ0) is 22.0. The number of nitrogens with zero attached hydrogens (tertiary/aromatic N) is 6. The molecule has 3 aromatic heterocycles. The van der Waals surface area contributed by atoms with Crippen molar-refractivity contribution in [1.29, 1.82) is 0 Å². The first kappa shape index (κ1) is 21.3. The molecule has 0 unspecified atom stereocenters. The van der Waals surface area contributed by atoms with Crippen LogP contribution in [0.3, 0.4) is 0 Å². The molecule has 4 heterocycles. The zero-order valence-electron chi connectivity index (χ0n) is 18.0. The number of amides is 1. The highest BCUT2D eigenvalue weighted by molar-refractivity contribution is 7.99. The lowest BCUT2D eigenvalue weighted by molar-refractivity contribution is -0.128. The van der Waals surface area contributed by atoms with E-state index in [-0.39, 0.29) is 17.4 Å². The van der Waals surface area contributed by atoms with E-state index in [9.17, 15) is 9.59 Å². The number of aryl methyl sites for hydroxylation is 1. The van der Waals surface area contributed by atoms with Crippen molar-refractivity contribution in [2.75, 3.05) is 12.3 Å². The third kappa shape index (κ3) is 4.27. The minimum absolute atomic E-state index is 0.0599. The standard InChI is InChI=1S/C22H26N6O2S/c1-4-27-15(2)12-17(16(27)3)18(29)14-31-22-25-24-20(13-26-11-7-9-21(26)30)28(22)19-8-5-6-10-23-19/h5-6,8,10,12H,4,7,9,11,13-14H2,1-3H3. The van der Waals surface area contributed by atoms with Crippen LogP contribution in [0.15, 0.2) is 35.6 Å². The number of ketones is 1. The molecule has 9 heteroatoms. The summed E-state index contributed by atoms with van der Waals surface area (Å²) in [4.78, 5) is 31.3. The van der Waals surface area contributed by atoms with Crippen molar-refractivity contribution < 1.29 is 9.59 Å². The maximum Gasteiger partial charge on any atom is 0.223 e. The van der Waals surface area contributed by atoms with E-state index in [4.69, 9.17) is 0 Å². The van der Waals surface area contributed by atoms with Gasteiger partial charge < -0.3 is 9.47 Å². The summed E-state index contributed by atoms with van der Waals surface area (Å²) >= 11 is 1.34. The van der Waals surface area contributed by atoms with Gasteiger partial charge in [-0.15, -0.1) is 10.2 Å². The molecule has 0 spiro atoms. The number of pyridine rings is 1. The van der Waals surface area contributed by atoms with Gasteiger partial charge in [-0.2, -0.15) is 0 Å². The Hall–Kier alpha value is -2.94. The van der Waals surface area contributed by atoms with Gasteiger partial charge in [0.1, 0.15) is 5.82 Å². The molecule has 0 atom stereocenters. The molecule has 1 aliphatic heterocycles. The summed E-state index contributed by atoms with van der Waals surface area (Å²) in [5, 5.41) is 9.26. The molecular formula is C22H26N6O2S. The van der Waals surface area contributed by atoms with Gasteiger partial charge >= 0.3 is 0 Å². The molecule has 1 amide bonds. The van der Waals surface area contributed by atoms with Crippen LogP contribution in [0.4, 0.5) is 0 Å². The molecule has 8 nitrogen and oxygen atoms in total. The predicted molar refractivity (Wildman–Crippen MR) is 118 cm³/mol. The zero-order valence-corrected chi connectivity index (χ0v) is 18.9. The van der Waals surface area contributed by atoms with Crippen molar-refractivity contribution in [3.8, 4) is 5.82 Å². The number of aromatic nitrogens is 5. The molecule has 31 heavy (non-hydrogen) atoms. The molecule has 3 aromatic rings. The minimum atomic E-state index is 0.0599. The number of Topliss-reactive ketones (excluding diaryl/α,β-unsaturated/α-hetero) is 1. The van der Waals surface area contributed by atoms with Crippen LogP contribution in [-0.2, 0) is 17.9 Å². The second-order valence-corrected chi connectivity index (χ2v) is 8.52. The molecule has 0 aliphatic carbocycles. The molecule has 0 aromatic carbocycles. The van der Waals surface area contributed by atoms with Gasteiger partial charge in [-0.3, -0.25) is 14.2 Å². The number of thioether (sulfide) groups is 1. The number of carbonyl (C=O) groups excluding carboxylic acids is 2. The molecule has 0 bridgehead atoms. The van der Waals surface area contributed by atoms with Gasteiger partial charge in [0, 0.05) is 42.7 Å². The highest BCUT2D eigenvalue weighted by Crippen LogP contribution is 2.25. The Morgan fingerprint density at radius 3 is 2.71 bits per heavy atom. The van der Waals surface area contributed by atoms with Gasteiger partial charge in [-0.25, -0.2) is 4.98 Å². The second-order valence-electron chi connectivity index (χ2n) is 7.58. The van der Waals surface area contributed by atoms with E-state index in [1.807, 2.05) is 42.7 Å². The molecule has 162 valence electrons. The fourth-order valence-corrected chi connectivity index (χ4v) is 4.87. The molecule has 1 aliphatic rings. The van der Waals surface area contributed by atoms with Crippen molar-refractivity contribution in [1.82, 2.24) is 29.2 Å². The van der Waals surface area contributed by atoms with Gasteiger partial charge in [-0.1, -0.05) is 17.8 Å². The van der Waals surface area contributed by atoms with E-state index in [0.29, 0.717) is 29.8 Å². The predicted octanol–water partition coefficient (Wildman–Crippen LogP) is 3.20. The number of hydrogen-bond donors (Lipinski definition) is 0. The summed E-state index contributed by atoms with van der Waals surface area (Å²) < 4.78 is 3.98. The summed E-state index contributed by atoms with van der Waals surface area (Å²) in [6, 6.07) is 7.57. The number of carbonyl (C=O) groups is 2. The smallest absolute Gasteiger partial charge is 0.223 e. The Balaban J connectivity index is 1.58. The second kappa shape index (κ2) is 9.05. The number of rotatable bonds is 8. The van der Waals surface area contributed by atoms with E-state index in [0.717, 1.165) is 36.5 Å². The van der Waals surface area contributed by atoms with Gasteiger partial charge in [0.2, 0.25) is 5.91 Å². The summed E-state index contributed by atoms with van der Waals surface area (Å²) in [7, 11) is 0. The Kier molecular flexibility index (Phi) is 6.22. The van der Waals surface area contributed by atoms with Crippen molar-refractivity contribution in [2.24, 2.45) is 0 Å². The fraction of sp³-hybridized carbons (Fsp3) is 0.409. The van der Waals surface area contributed by atoms with Crippen LogP contribution in [0, 0.1) is 13.8 Å². The van der Waals surface area contributed by atoms with E-state index < -0.39 is 0 Å². The minimum Gasteiger partial charge on any atom is -0.349 e. The normalized spacial score (nSPS) is 13.9. The van der Waals surface area contributed by atoms with Crippen molar-refractivity contribution in [2.45, 2.75) is 51.9 Å². The number of hydrogen-bond acceptors (Lipinski definition) is 6. The third-order valence-electron chi connectivity index (χ3n) is 5.61. The lowest BCUT2D eigenvalue weighted by atomic mass is 10.2. The summed E-state index contributed by atoms with van der Waals surface area (Å²) in [6.45, 7) is 8.02. The highest BCUT2D eigenvalue weighted by Gasteiger charge is 2.25. The Morgan fingerprint density at radius 2 is 2.06 bits per heavy atom. The first-order chi connectivity index (χ1) is 15.0. The Bertz CT molecular complexity index is 1100. The van der Waals surface area contributed by atoms with Crippen LogP contribution in [0.2, 0.25) is 0 Å². The van der Waals surface area contributed by atoms with Crippen molar-refractivity contribution >= 4 is 23.5 Å². The molecule has 0 saturated carbocycles. The van der Waals surface area contributed by atoms with E-state index in [1.165, 1.54) is 11.8 Å². The van der Waals surface area contributed by atoms with Crippen LogP contribution >= 0.6 is 11.8 Å². The van der Waals surface area contributed by atoms with Crippen LogP contribution < -0.4 is 0 Å². The lowest BCUT2D eigenvalue weighted by Crippen LogP contribution is -2.25. The molecule has 1 saturated heterocycles. The average Bonchev–Trinajstić information content (AvgIpc) is 3.44. The largest absolute Gasteiger partial charge is 0.349 e. The molecule has 1 fully saturated rings. The van der Waals surface area contributed by atoms with E-state index in [2.05, 4.69) is 26.7 Å². The van der Waals surface area contributed by atoms with Gasteiger partial charge in [0.25, 0.3) is 0 Å². The maximum atomic E-state index is 12.9. The molecule has 0 N–H and O–H groups in total. The SMILES string of the molecule is CCn1c(C)cc(C(=O)CSc2nnc(CN3CCCC3=O)n2-c2ccccn2)c1C. The summed E-state index contributed by atoms with van der Waals surface area (Å²) in [6.07, 6.45) is 3.15. The van der Waals surface area contributed by atoms with Gasteiger partial charge in [0.05, 0.1) is 12.3 Å². The Morgan fingerprint density at radius 1 is 1.23 bits per heavy atom. The molecular weight excluding hydrogens is 412 g/mol. The van der Waals surface area contributed by atoms with Crippen LogP contribution in [0.5, 0.6) is 0 Å². The van der Waals surface area contributed by atoms with Gasteiger partial charge in [0.15, 0.2) is 16.8 Å². The first-order valence-electron chi connectivity index (χ1n) is 10.5. The average molecular weight is 439 g/mol.